The fraction of sp³-hybridized carbons (Fsp3) is 0.538. The fourth-order valence-electron chi connectivity index (χ4n) is 1.79. The Morgan fingerprint density at radius 1 is 1.26 bits per heavy atom. The number of rotatable bonds is 8. The van der Waals surface area contributed by atoms with Crippen LogP contribution < -0.4 is 4.90 Å². The molecule has 108 valence electrons. The van der Waals surface area contributed by atoms with Crippen molar-refractivity contribution in [1.29, 1.82) is 0 Å². The maximum Gasteiger partial charge on any atom is 0.180 e. The van der Waals surface area contributed by atoms with Crippen LogP contribution >= 0.6 is 11.6 Å². The van der Waals surface area contributed by atoms with Gasteiger partial charge in [-0.2, -0.15) is 0 Å². The number of sulfone groups is 1. The largest absolute Gasteiger partial charge is 0.383 e. The summed E-state index contributed by atoms with van der Waals surface area (Å²) in [4.78, 5) is 2.30. The molecule has 0 aliphatic rings. The second kappa shape index (κ2) is 7.72. The Bertz CT molecular complexity index is 490. The molecule has 0 aliphatic heterocycles. The van der Waals surface area contributed by atoms with Gasteiger partial charge in [-0.05, 0) is 12.1 Å². The van der Waals surface area contributed by atoms with Crippen LogP contribution in [0, 0.1) is 0 Å². The topological polar surface area (TPSA) is 46.6 Å². The van der Waals surface area contributed by atoms with E-state index in [2.05, 4.69) is 0 Å². The first-order valence-electron chi connectivity index (χ1n) is 6.18. The predicted molar refractivity (Wildman–Crippen MR) is 79.0 cm³/mol. The Hall–Kier alpha value is -0.780. The summed E-state index contributed by atoms with van der Waals surface area (Å²) in [6.07, 6.45) is 0. The van der Waals surface area contributed by atoms with E-state index in [9.17, 15) is 8.42 Å². The van der Waals surface area contributed by atoms with E-state index in [1.165, 1.54) is 0 Å². The number of anilines is 1. The molecule has 19 heavy (non-hydrogen) atoms. The number of methoxy groups -OCH3 is 1. The number of alkyl halides is 1. The molecule has 0 saturated heterocycles. The molecule has 0 radical (unpaired) electrons. The summed E-state index contributed by atoms with van der Waals surface area (Å²) < 4.78 is 29.3. The van der Waals surface area contributed by atoms with Crippen LogP contribution in [0.15, 0.2) is 29.2 Å². The summed E-state index contributed by atoms with van der Waals surface area (Å²) in [5.41, 5.74) is 0.696. The first-order chi connectivity index (χ1) is 9.06. The molecule has 0 saturated carbocycles. The van der Waals surface area contributed by atoms with Crippen LogP contribution in [0.25, 0.3) is 0 Å². The molecule has 0 heterocycles. The van der Waals surface area contributed by atoms with Gasteiger partial charge in [0, 0.05) is 26.1 Å². The predicted octanol–water partition coefficient (Wildman–Crippen LogP) is 2.17. The Labute approximate surface area is 120 Å². The normalized spacial score (nSPS) is 11.5. The number of halogens is 1. The van der Waals surface area contributed by atoms with Gasteiger partial charge in [0.15, 0.2) is 9.84 Å². The third kappa shape index (κ3) is 4.37. The minimum absolute atomic E-state index is 0.0863. The van der Waals surface area contributed by atoms with Crippen molar-refractivity contribution in [3.8, 4) is 0 Å². The van der Waals surface area contributed by atoms with E-state index in [-0.39, 0.29) is 5.75 Å². The van der Waals surface area contributed by atoms with Crippen LogP contribution in [-0.2, 0) is 14.6 Å². The Morgan fingerprint density at radius 2 is 1.95 bits per heavy atom. The molecule has 6 heteroatoms. The number of hydrogen-bond donors (Lipinski definition) is 0. The van der Waals surface area contributed by atoms with E-state index in [4.69, 9.17) is 16.3 Å². The van der Waals surface area contributed by atoms with E-state index < -0.39 is 9.84 Å². The summed E-state index contributed by atoms with van der Waals surface area (Å²) in [6, 6.07) is 7.02. The molecular weight excluding hydrogens is 286 g/mol. The first kappa shape index (κ1) is 16.3. The molecular formula is C13H20ClNO3S. The third-order valence-electron chi connectivity index (χ3n) is 2.84. The second-order valence-corrected chi connectivity index (χ2v) is 6.66. The van der Waals surface area contributed by atoms with Crippen molar-refractivity contribution in [3.05, 3.63) is 24.3 Å². The van der Waals surface area contributed by atoms with Crippen LogP contribution in [0.1, 0.15) is 6.92 Å². The van der Waals surface area contributed by atoms with Gasteiger partial charge in [-0.15, -0.1) is 11.6 Å². The fourth-order valence-corrected chi connectivity index (χ4v) is 3.11. The molecule has 0 bridgehead atoms. The Balaban J connectivity index is 3.15. The lowest BCUT2D eigenvalue weighted by molar-refractivity contribution is 0.205. The highest BCUT2D eigenvalue weighted by molar-refractivity contribution is 7.91. The lowest BCUT2D eigenvalue weighted by atomic mass is 10.3. The molecule has 0 aliphatic carbocycles. The van der Waals surface area contributed by atoms with Crippen LogP contribution in [0.3, 0.4) is 0 Å². The monoisotopic (exact) mass is 305 g/mol. The summed E-state index contributed by atoms with van der Waals surface area (Å²) in [7, 11) is -1.62. The number of benzene rings is 1. The summed E-state index contributed by atoms with van der Waals surface area (Å²) >= 11 is 5.79. The second-order valence-electron chi connectivity index (χ2n) is 4.04. The molecule has 1 aromatic carbocycles. The molecule has 0 fully saturated rings. The zero-order valence-electron chi connectivity index (χ0n) is 11.3. The van der Waals surface area contributed by atoms with E-state index in [1.807, 2.05) is 17.0 Å². The van der Waals surface area contributed by atoms with Gasteiger partial charge in [0.25, 0.3) is 0 Å². The zero-order chi connectivity index (χ0) is 14.3. The van der Waals surface area contributed by atoms with Gasteiger partial charge < -0.3 is 9.64 Å². The lowest BCUT2D eigenvalue weighted by Crippen LogP contribution is -2.30. The molecule has 0 spiro atoms. The van der Waals surface area contributed by atoms with Crippen molar-refractivity contribution in [2.45, 2.75) is 11.8 Å². The van der Waals surface area contributed by atoms with Crippen molar-refractivity contribution in [1.82, 2.24) is 0 Å². The van der Waals surface area contributed by atoms with E-state index in [0.717, 1.165) is 0 Å². The standard InChI is InChI=1S/C13H20ClNO3S/c1-3-19(16,17)13-7-5-4-6-12(13)15(9-8-14)10-11-18-2/h4-7H,3,8-11H2,1-2H3. The van der Waals surface area contributed by atoms with Crippen molar-refractivity contribution in [3.63, 3.8) is 0 Å². The smallest absolute Gasteiger partial charge is 0.180 e. The Kier molecular flexibility index (Phi) is 6.62. The molecule has 0 aromatic heterocycles. The zero-order valence-corrected chi connectivity index (χ0v) is 12.9. The van der Waals surface area contributed by atoms with E-state index >= 15 is 0 Å². The number of ether oxygens (including phenoxy) is 1. The van der Waals surface area contributed by atoms with Gasteiger partial charge in [0.2, 0.25) is 0 Å². The minimum Gasteiger partial charge on any atom is -0.383 e. The molecule has 0 amide bonds. The van der Waals surface area contributed by atoms with Gasteiger partial charge >= 0.3 is 0 Å². The van der Waals surface area contributed by atoms with Gasteiger partial charge in [0.05, 0.1) is 22.9 Å². The molecule has 4 nitrogen and oxygen atoms in total. The maximum absolute atomic E-state index is 12.1. The SMILES string of the molecule is CCS(=O)(=O)c1ccccc1N(CCCl)CCOC. The molecule has 1 rings (SSSR count). The van der Waals surface area contributed by atoms with E-state index in [1.54, 1.807) is 26.2 Å². The third-order valence-corrected chi connectivity index (χ3v) is 4.79. The van der Waals surface area contributed by atoms with Crippen LogP contribution in [-0.4, -0.2) is 46.9 Å². The molecule has 0 N–H and O–H groups in total. The highest BCUT2D eigenvalue weighted by Gasteiger charge is 2.19. The summed E-state index contributed by atoms with van der Waals surface area (Å²) in [5.74, 6) is 0.521. The van der Waals surface area contributed by atoms with Gasteiger partial charge in [-0.3, -0.25) is 0 Å². The highest BCUT2D eigenvalue weighted by atomic mass is 35.5. The highest BCUT2D eigenvalue weighted by Crippen LogP contribution is 2.25. The quantitative estimate of drug-likeness (QED) is 0.691. The average molecular weight is 306 g/mol. The number of para-hydroxylation sites is 1. The molecule has 0 atom stereocenters. The van der Waals surface area contributed by atoms with Crippen LogP contribution in [0.5, 0.6) is 0 Å². The van der Waals surface area contributed by atoms with Crippen molar-refractivity contribution in [2.75, 3.05) is 43.3 Å². The Morgan fingerprint density at radius 3 is 2.53 bits per heavy atom. The van der Waals surface area contributed by atoms with Crippen LogP contribution in [0.2, 0.25) is 0 Å². The van der Waals surface area contributed by atoms with Gasteiger partial charge in [-0.25, -0.2) is 8.42 Å². The van der Waals surface area contributed by atoms with E-state index in [0.29, 0.717) is 36.2 Å². The van der Waals surface area contributed by atoms with Gasteiger partial charge in [-0.1, -0.05) is 19.1 Å². The van der Waals surface area contributed by atoms with Crippen molar-refractivity contribution < 1.29 is 13.2 Å². The van der Waals surface area contributed by atoms with Crippen LogP contribution in [0.4, 0.5) is 5.69 Å². The molecule has 1 aromatic rings. The van der Waals surface area contributed by atoms with Gasteiger partial charge in [0.1, 0.15) is 0 Å². The van der Waals surface area contributed by atoms with Crippen molar-refractivity contribution >= 4 is 27.1 Å². The first-order valence-corrected chi connectivity index (χ1v) is 8.37. The maximum atomic E-state index is 12.1. The average Bonchev–Trinajstić information content (AvgIpc) is 2.43. The lowest BCUT2D eigenvalue weighted by Gasteiger charge is -2.25. The number of hydrogen-bond acceptors (Lipinski definition) is 4. The van der Waals surface area contributed by atoms with Crippen molar-refractivity contribution in [2.24, 2.45) is 0 Å². The minimum atomic E-state index is -3.24. The molecule has 0 unspecified atom stereocenters. The summed E-state index contributed by atoms with van der Waals surface area (Å²) in [5, 5.41) is 0. The summed E-state index contributed by atoms with van der Waals surface area (Å²) in [6.45, 7) is 3.37. The number of nitrogens with zero attached hydrogens (tertiary/aromatic N) is 1.